The lowest BCUT2D eigenvalue weighted by Crippen LogP contribution is -2.32. The maximum absolute atomic E-state index is 5.84. The molecule has 1 aromatic rings. The first-order valence-electron chi connectivity index (χ1n) is 7.76. The van der Waals surface area contributed by atoms with Gasteiger partial charge in [-0.15, -0.1) is 23.2 Å². The van der Waals surface area contributed by atoms with Crippen LogP contribution >= 0.6 is 23.2 Å². The predicted octanol–water partition coefficient (Wildman–Crippen LogP) is 1.95. The van der Waals surface area contributed by atoms with Crippen LogP contribution in [0.25, 0.3) is 0 Å². The van der Waals surface area contributed by atoms with Crippen molar-refractivity contribution in [1.29, 1.82) is 0 Å². The summed E-state index contributed by atoms with van der Waals surface area (Å²) in [5, 5.41) is 3.45. The highest BCUT2D eigenvalue weighted by Crippen LogP contribution is 2.15. The first-order valence-corrected chi connectivity index (χ1v) is 8.83. The number of anilines is 1. The Labute approximate surface area is 144 Å². The molecule has 0 fully saturated rings. The standard InChI is InChI=1S/C16H28Cl2N4/c1-21(12-8-19)13-9-20-14-15-2-4-16(5-3-15)22(10-6-17)11-7-18/h2-5,20H,6-14,19H2,1H3. The zero-order chi connectivity index (χ0) is 16.2. The third-order valence-corrected chi connectivity index (χ3v) is 3.86. The van der Waals surface area contributed by atoms with E-state index >= 15 is 0 Å². The van der Waals surface area contributed by atoms with Crippen LogP contribution in [-0.2, 0) is 6.54 Å². The van der Waals surface area contributed by atoms with E-state index in [-0.39, 0.29) is 0 Å². The van der Waals surface area contributed by atoms with Gasteiger partial charge in [-0.05, 0) is 24.7 Å². The van der Waals surface area contributed by atoms with Gasteiger partial charge in [0, 0.05) is 63.3 Å². The van der Waals surface area contributed by atoms with Crippen molar-refractivity contribution in [1.82, 2.24) is 10.2 Å². The van der Waals surface area contributed by atoms with E-state index in [1.807, 2.05) is 0 Å². The van der Waals surface area contributed by atoms with Gasteiger partial charge in [0.2, 0.25) is 0 Å². The highest BCUT2D eigenvalue weighted by molar-refractivity contribution is 6.18. The summed E-state index contributed by atoms with van der Waals surface area (Å²) in [7, 11) is 2.09. The summed E-state index contributed by atoms with van der Waals surface area (Å²) in [5.74, 6) is 1.22. The van der Waals surface area contributed by atoms with Gasteiger partial charge < -0.3 is 20.9 Å². The summed E-state index contributed by atoms with van der Waals surface area (Å²) < 4.78 is 0. The first kappa shape index (κ1) is 19.5. The lowest BCUT2D eigenvalue weighted by Gasteiger charge is -2.23. The largest absolute Gasteiger partial charge is 0.369 e. The number of nitrogens with one attached hydrogen (secondary N) is 1. The summed E-state index contributed by atoms with van der Waals surface area (Å²) >= 11 is 11.7. The summed E-state index contributed by atoms with van der Waals surface area (Å²) in [4.78, 5) is 4.44. The molecule has 0 radical (unpaired) electrons. The molecule has 0 heterocycles. The van der Waals surface area contributed by atoms with Crippen LogP contribution in [0.1, 0.15) is 5.56 Å². The van der Waals surface area contributed by atoms with E-state index in [0.29, 0.717) is 18.3 Å². The number of rotatable bonds is 12. The summed E-state index contributed by atoms with van der Waals surface area (Å²) in [6.45, 7) is 6.13. The van der Waals surface area contributed by atoms with Gasteiger partial charge in [-0.25, -0.2) is 0 Å². The van der Waals surface area contributed by atoms with Crippen molar-refractivity contribution in [3.63, 3.8) is 0 Å². The second-order valence-electron chi connectivity index (χ2n) is 5.30. The average molecular weight is 347 g/mol. The van der Waals surface area contributed by atoms with Crippen molar-refractivity contribution in [2.24, 2.45) is 5.73 Å². The Balaban J connectivity index is 2.37. The lowest BCUT2D eigenvalue weighted by atomic mass is 10.2. The first-order chi connectivity index (χ1) is 10.7. The molecule has 0 bridgehead atoms. The molecule has 0 saturated carbocycles. The van der Waals surface area contributed by atoms with Gasteiger partial charge in [-0.1, -0.05) is 12.1 Å². The number of likely N-dealkylation sites (N-methyl/N-ethyl adjacent to an activating group) is 1. The molecular formula is C16H28Cl2N4. The predicted molar refractivity (Wildman–Crippen MR) is 98.4 cm³/mol. The van der Waals surface area contributed by atoms with Crippen molar-refractivity contribution >= 4 is 28.9 Å². The third kappa shape index (κ3) is 7.65. The molecule has 4 nitrogen and oxygen atoms in total. The van der Waals surface area contributed by atoms with Gasteiger partial charge in [-0.3, -0.25) is 0 Å². The van der Waals surface area contributed by atoms with Gasteiger partial charge in [0.05, 0.1) is 0 Å². The SMILES string of the molecule is CN(CCN)CCNCc1ccc(N(CCCl)CCCl)cc1. The summed E-state index contributed by atoms with van der Waals surface area (Å²) in [6, 6.07) is 8.58. The Morgan fingerprint density at radius 3 is 2.18 bits per heavy atom. The highest BCUT2D eigenvalue weighted by Gasteiger charge is 2.05. The van der Waals surface area contributed by atoms with Gasteiger partial charge in [-0.2, -0.15) is 0 Å². The van der Waals surface area contributed by atoms with E-state index < -0.39 is 0 Å². The van der Waals surface area contributed by atoms with E-state index in [4.69, 9.17) is 28.9 Å². The fourth-order valence-electron chi connectivity index (χ4n) is 2.23. The van der Waals surface area contributed by atoms with Gasteiger partial charge in [0.25, 0.3) is 0 Å². The molecule has 3 N–H and O–H groups in total. The van der Waals surface area contributed by atoms with Gasteiger partial charge >= 0.3 is 0 Å². The third-order valence-electron chi connectivity index (χ3n) is 3.52. The summed E-state index contributed by atoms with van der Waals surface area (Å²) in [6.07, 6.45) is 0. The van der Waals surface area contributed by atoms with Crippen LogP contribution in [0.5, 0.6) is 0 Å². The second-order valence-corrected chi connectivity index (χ2v) is 6.06. The van der Waals surface area contributed by atoms with Crippen molar-refractivity contribution in [3.05, 3.63) is 29.8 Å². The van der Waals surface area contributed by atoms with Crippen LogP contribution in [0, 0.1) is 0 Å². The molecule has 1 aromatic carbocycles. The Bertz CT molecular complexity index is 380. The van der Waals surface area contributed by atoms with Crippen molar-refractivity contribution in [2.75, 3.05) is 63.0 Å². The van der Waals surface area contributed by atoms with Crippen LogP contribution < -0.4 is 16.0 Å². The monoisotopic (exact) mass is 346 g/mol. The number of hydrogen-bond donors (Lipinski definition) is 2. The fourth-order valence-corrected chi connectivity index (χ4v) is 2.64. The van der Waals surface area contributed by atoms with E-state index in [9.17, 15) is 0 Å². The molecule has 126 valence electrons. The van der Waals surface area contributed by atoms with Crippen molar-refractivity contribution in [3.8, 4) is 0 Å². The normalized spacial score (nSPS) is 11.1. The van der Waals surface area contributed by atoms with Crippen LogP contribution in [0.3, 0.4) is 0 Å². The quantitative estimate of drug-likeness (QED) is 0.448. The number of hydrogen-bond acceptors (Lipinski definition) is 4. The summed E-state index contributed by atoms with van der Waals surface area (Å²) in [5.41, 5.74) is 7.98. The number of nitrogens with two attached hydrogens (primary N) is 1. The van der Waals surface area contributed by atoms with Crippen molar-refractivity contribution < 1.29 is 0 Å². The molecular weight excluding hydrogens is 319 g/mol. The van der Waals surface area contributed by atoms with Crippen molar-refractivity contribution in [2.45, 2.75) is 6.54 Å². The topological polar surface area (TPSA) is 44.5 Å². The highest BCUT2D eigenvalue weighted by atomic mass is 35.5. The van der Waals surface area contributed by atoms with Crippen LogP contribution in [0.15, 0.2) is 24.3 Å². The average Bonchev–Trinajstić information content (AvgIpc) is 2.52. The Morgan fingerprint density at radius 1 is 1.00 bits per heavy atom. The second kappa shape index (κ2) is 12.0. The molecule has 22 heavy (non-hydrogen) atoms. The molecule has 0 aliphatic rings. The number of halogens is 2. The molecule has 6 heteroatoms. The number of nitrogens with zero attached hydrogens (tertiary/aromatic N) is 2. The zero-order valence-corrected chi connectivity index (χ0v) is 14.9. The molecule has 0 aliphatic carbocycles. The minimum absolute atomic E-state index is 0.608. The molecule has 0 spiro atoms. The minimum Gasteiger partial charge on any atom is -0.369 e. The Kier molecular flexibility index (Phi) is 10.6. The maximum atomic E-state index is 5.84. The molecule has 0 aromatic heterocycles. The van der Waals surface area contributed by atoms with E-state index in [0.717, 1.165) is 39.3 Å². The minimum atomic E-state index is 0.608. The van der Waals surface area contributed by atoms with E-state index in [1.54, 1.807) is 0 Å². The smallest absolute Gasteiger partial charge is 0.0399 e. The molecule has 1 rings (SSSR count). The number of alkyl halides is 2. The van der Waals surface area contributed by atoms with E-state index in [2.05, 4.69) is 46.4 Å². The zero-order valence-electron chi connectivity index (χ0n) is 13.4. The fraction of sp³-hybridized carbons (Fsp3) is 0.625. The lowest BCUT2D eigenvalue weighted by molar-refractivity contribution is 0.340. The number of benzene rings is 1. The van der Waals surface area contributed by atoms with Crippen LogP contribution in [0.4, 0.5) is 5.69 Å². The Hall–Kier alpha value is -0.520. The molecule has 0 amide bonds. The molecule has 0 aliphatic heterocycles. The van der Waals surface area contributed by atoms with Gasteiger partial charge in [0.15, 0.2) is 0 Å². The molecule has 0 atom stereocenters. The van der Waals surface area contributed by atoms with Crippen LogP contribution in [-0.4, -0.2) is 63.0 Å². The van der Waals surface area contributed by atoms with Crippen LogP contribution in [0.2, 0.25) is 0 Å². The van der Waals surface area contributed by atoms with E-state index in [1.165, 1.54) is 11.3 Å². The molecule has 0 unspecified atom stereocenters. The maximum Gasteiger partial charge on any atom is 0.0399 e. The Morgan fingerprint density at radius 2 is 1.64 bits per heavy atom. The molecule has 0 saturated heterocycles. The van der Waals surface area contributed by atoms with Gasteiger partial charge in [0.1, 0.15) is 0 Å².